The molecule has 0 amide bonds. The molecule has 0 saturated carbocycles. The van der Waals surface area contributed by atoms with Crippen molar-refractivity contribution >= 4 is 24.0 Å². The first kappa shape index (κ1) is 13.7. The van der Waals surface area contributed by atoms with Crippen molar-refractivity contribution < 1.29 is 9.50 Å². The average molecular weight is 240 g/mol. The number of hydrogen-bond acceptors (Lipinski definition) is 2. The molecular formula is C9H12Cl2FNO. The van der Waals surface area contributed by atoms with Crippen molar-refractivity contribution in [2.75, 3.05) is 6.61 Å². The molecule has 0 spiro atoms. The fourth-order valence-corrected chi connectivity index (χ4v) is 1.28. The second kappa shape index (κ2) is 6.19. The van der Waals surface area contributed by atoms with Crippen LogP contribution in [0.15, 0.2) is 18.2 Å². The second-order valence-corrected chi connectivity index (χ2v) is 3.17. The van der Waals surface area contributed by atoms with E-state index in [-0.39, 0.29) is 24.0 Å². The molecule has 5 heteroatoms. The molecule has 2 nitrogen and oxygen atoms in total. The van der Waals surface area contributed by atoms with Gasteiger partial charge in [-0.25, -0.2) is 4.39 Å². The number of aliphatic hydroxyl groups excluding tert-OH is 1. The van der Waals surface area contributed by atoms with Crippen molar-refractivity contribution in [3.8, 4) is 0 Å². The van der Waals surface area contributed by atoms with Gasteiger partial charge < -0.3 is 10.8 Å². The summed E-state index contributed by atoms with van der Waals surface area (Å²) in [5.74, 6) is -0.495. The first-order valence-corrected chi connectivity index (χ1v) is 4.35. The molecule has 1 rings (SSSR count). The lowest BCUT2D eigenvalue weighted by atomic mass is 10.0. The number of hydrogen-bond donors (Lipinski definition) is 2. The summed E-state index contributed by atoms with van der Waals surface area (Å²) in [6.45, 7) is -0.0624. The van der Waals surface area contributed by atoms with Gasteiger partial charge in [-0.3, -0.25) is 0 Å². The van der Waals surface area contributed by atoms with E-state index >= 15 is 0 Å². The fraction of sp³-hybridized carbons (Fsp3) is 0.333. The van der Waals surface area contributed by atoms with E-state index in [4.69, 9.17) is 22.4 Å². The lowest BCUT2D eigenvalue weighted by Crippen LogP contribution is -2.13. The Kier molecular flexibility index (Phi) is 6.04. The molecule has 0 saturated heterocycles. The van der Waals surface area contributed by atoms with Gasteiger partial charge in [-0.2, -0.15) is 0 Å². The van der Waals surface area contributed by atoms with Crippen LogP contribution in [0.5, 0.6) is 0 Å². The molecule has 1 aromatic carbocycles. The summed E-state index contributed by atoms with van der Waals surface area (Å²) in [6.07, 6.45) is 0.331. The molecule has 1 unspecified atom stereocenters. The third-order valence-corrected chi connectivity index (χ3v) is 2.11. The van der Waals surface area contributed by atoms with Gasteiger partial charge in [0.05, 0.1) is 5.02 Å². The molecule has 0 bridgehead atoms. The summed E-state index contributed by atoms with van der Waals surface area (Å²) in [5.41, 5.74) is 5.97. The van der Waals surface area contributed by atoms with Crippen LogP contribution in [0.1, 0.15) is 18.0 Å². The van der Waals surface area contributed by atoms with Crippen LogP contribution in [0, 0.1) is 5.82 Å². The molecule has 1 aromatic rings. The van der Waals surface area contributed by atoms with Gasteiger partial charge in [-0.1, -0.05) is 23.7 Å². The fourth-order valence-electron chi connectivity index (χ4n) is 1.10. The van der Waals surface area contributed by atoms with Crippen LogP contribution in [-0.4, -0.2) is 11.7 Å². The van der Waals surface area contributed by atoms with Crippen LogP contribution >= 0.6 is 24.0 Å². The normalized spacial score (nSPS) is 12.0. The Morgan fingerprint density at radius 2 is 2.14 bits per heavy atom. The predicted molar refractivity (Wildman–Crippen MR) is 57.3 cm³/mol. The standard InChI is InChI=1S/C9H11ClFNO.ClH/c10-7-3-1-2-6(9(7)11)8(12)4-5-13;/h1-3,8,13H,4-5,12H2;1H. The molecule has 0 heterocycles. The molecule has 0 radical (unpaired) electrons. The lowest BCUT2D eigenvalue weighted by Gasteiger charge is -2.11. The second-order valence-electron chi connectivity index (χ2n) is 2.76. The molecule has 80 valence electrons. The smallest absolute Gasteiger partial charge is 0.146 e. The molecule has 0 aliphatic rings. The third kappa shape index (κ3) is 3.10. The summed E-state index contributed by atoms with van der Waals surface area (Å²) in [7, 11) is 0. The highest BCUT2D eigenvalue weighted by Crippen LogP contribution is 2.23. The predicted octanol–water partition coefficient (Wildman–Crippen LogP) is 2.28. The van der Waals surface area contributed by atoms with Gasteiger partial charge in [-0.15, -0.1) is 12.4 Å². The zero-order chi connectivity index (χ0) is 9.84. The van der Waals surface area contributed by atoms with E-state index in [2.05, 4.69) is 0 Å². The van der Waals surface area contributed by atoms with Crippen LogP contribution < -0.4 is 5.73 Å². The quantitative estimate of drug-likeness (QED) is 0.851. The first-order valence-electron chi connectivity index (χ1n) is 3.97. The summed E-state index contributed by atoms with van der Waals surface area (Å²) in [6, 6.07) is 4.18. The summed E-state index contributed by atoms with van der Waals surface area (Å²) in [4.78, 5) is 0. The summed E-state index contributed by atoms with van der Waals surface area (Å²) >= 11 is 5.57. The lowest BCUT2D eigenvalue weighted by molar-refractivity contribution is 0.275. The Labute approximate surface area is 93.3 Å². The topological polar surface area (TPSA) is 46.2 Å². The van der Waals surface area contributed by atoms with Crippen molar-refractivity contribution in [2.45, 2.75) is 12.5 Å². The van der Waals surface area contributed by atoms with Crippen LogP contribution in [-0.2, 0) is 0 Å². The zero-order valence-electron chi connectivity index (χ0n) is 7.41. The number of rotatable bonds is 3. The number of aliphatic hydroxyl groups is 1. The minimum absolute atomic E-state index is 0. The van der Waals surface area contributed by atoms with Gasteiger partial charge in [0.25, 0.3) is 0 Å². The van der Waals surface area contributed by atoms with Gasteiger partial charge in [0.1, 0.15) is 5.82 Å². The first-order chi connectivity index (χ1) is 6.16. The highest BCUT2D eigenvalue weighted by atomic mass is 35.5. The van der Waals surface area contributed by atoms with E-state index in [1.807, 2.05) is 0 Å². The number of halogens is 3. The van der Waals surface area contributed by atoms with Gasteiger partial charge in [0.15, 0.2) is 0 Å². The summed E-state index contributed by atoms with van der Waals surface area (Å²) < 4.78 is 13.3. The van der Waals surface area contributed by atoms with Crippen molar-refractivity contribution in [2.24, 2.45) is 5.73 Å². The van der Waals surface area contributed by atoms with E-state index in [0.29, 0.717) is 12.0 Å². The maximum absolute atomic E-state index is 13.3. The maximum Gasteiger partial charge on any atom is 0.146 e. The van der Waals surface area contributed by atoms with Gasteiger partial charge >= 0.3 is 0 Å². The Bertz CT molecular complexity index is 296. The molecular weight excluding hydrogens is 228 g/mol. The van der Waals surface area contributed by atoms with E-state index in [9.17, 15) is 4.39 Å². The molecule has 3 N–H and O–H groups in total. The SMILES string of the molecule is Cl.NC(CCO)c1cccc(Cl)c1F. The van der Waals surface area contributed by atoms with Crippen molar-refractivity contribution in [1.29, 1.82) is 0 Å². The van der Waals surface area contributed by atoms with Crippen LogP contribution in [0.4, 0.5) is 4.39 Å². The van der Waals surface area contributed by atoms with Crippen molar-refractivity contribution in [3.05, 3.63) is 34.6 Å². The Balaban J connectivity index is 0.00000169. The zero-order valence-corrected chi connectivity index (χ0v) is 8.98. The van der Waals surface area contributed by atoms with Gasteiger partial charge in [0, 0.05) is 18.2 Å². The average Bonchev–Trinajstić information content (AvgIpc) is 2.10. The minimum atomic E-state index is -0.497. The van der Waals surface area contributed by atoms with Crippen molar-refractivity contribution in [1.82, 2.24) is 0 Å². The van der Waals surface area contributed by atoms with E-state index in [1.165, 1.54) is 6.07 Å². The van der Waals surface area contributed by atoms with Gasteiger partial charge in [-0.05, 0) is 12.5 Å². The monoisotopic (exact) mass is 239 g/mol. The third-order valence-electron chi connectivity index (χ3n) is 1.82. The number of benzene rings is 1. The van der Waals surface area contributed by atoms with Crippen LogP contribution in [0.2, 0.25) is 5.02 Å². The Morgan fingerprint density at radius 1 is 1.50 bits per heavy atom. The van der Waals surface area contributed by atoms with E-state index < -0.39 is 11.9 Å². The van der Waals surface area contributed by atoms with E-state index in [1.54, 1.807) is 12.1 Å². The molecule has 14 heavy (non-hydrogen) atoms. The number of nitrogens with two attached hydrogens (primary N) is 1. The molecule has 0 aliphatic heterocycles. The summed E-state index contributed by atoms with van der Waals surface area (Å²) in [5, 5.41) is 8.68. The highest BCUT2D eigenvalue weighted by molar-refractivity contribution is 6.30. The van der Waals surface area contributed by atoms with Gasteiger partial charge in [0.2, 0.25) is 0 Å². The molecule has 1 atom stereocenters. The minimum Gasteiger partial charge on any atom is -0.396 e. The Hall–Kier alpha value is -0.350. The molecule has 0 aliphatic carbocycles. The van der Waals surface area contributed by atoms with Crippen LogP contribution in [0.25, 0.3) is 0 Å². The van der Waals surface area contributed by atoms with Crippen LogP contribution in [0.3, 0.4) is 0 Å². The largest absolute Gasteiger partial charge is 0.396 e. The molecule has 0 fully saturated rings. The maximum atomic E-state index is 13.3. The van der Waals surface area contributed by atoms with Crippen molar-refractivity contribution in [3.63, 3.8) is 0 Å². The Morgan fingerprint density at radius 3 is 2.71 bits per heavy atom. The highest BCUT2D eigenvalue weighted by Gasteiger charge is 2.12. The molecule has 0 aromatic heterocycles. The van der Waals surface area contributed by atoms with E-state index in [0.717, 1.165) is 0 Å².